The van der Waals surface area contributed by atoms with E-state index in [9.17, 15) is 4.79 Å². The maximum absolute atomic E-state index is 12.7. The van der Waals surface area contributed by atoms with Crippen molar-refractivity contribution in [3.05, 3.63) is 95.6 Å². The molecule has 1 amide bonds. The topological polar surface area (TPSA) is 42.8 Å². The molecule has 2 N–H and O–H groups in total. The van der Waals surface area contributed by atoms with Crippen molar-refractivity contribution in [1.82, 2.24) is 0 Å². The molecule has 0 aliphatic carbocycles. The van der Waals surface area contributed by atoms with E-state index < -0.39 is 0 Å². The van der Waals surface area contributed by atoms with Crippen molar-refractivity contribution >= 4 is 11.6 Å². The van der Waals surface area contributed by atoms with Crippen LogP contribution in [0.5, 0.6) is 5.75 Å². The fourth-order valence-electron chi connectivity index (χ4n) is 4.52. The number of amides is 1. The van der Waals surface area contributed by atoms with Gasteiger partial charge in [0.15, 0.2) is 0 Å². The Hall–Kier alpha value is -3.11. The number of anilines is 1. The molecule has 3 aromatic carbocycles. The van der Waals surface area contributed by atoms with Gasteiger partial charge in [-0.3, -0.25) is 4.79 Å². The molecule has 0 atom stereocenters. The minimum atomic E-state index is -0.113. The summed E-state index contributed by atoms with van der Waals surface area (Å²) in [7, 11) is 0. The van der Waals surface area contributed by atoms with Gasteiger partial charge < -0.3 is 15.0 Å². The highest BCUT2D eigenvalue weighted by Gasteiger charge is 2.22. The maximum atomic E-state index is 12.7. The predicted molar refractivity (Wildman–Crippen MR) is 129 cm³/mol. The lowest BCUT2D eigenvalue weighted by Crippen LogP contribution is -3.11. The van der Waals surface area contributed by atoms with Gasteiger partial charge in [0.2, 0.25) is 0 Å². The number of para-hydroxylation sites is 2. The number of ether oxygens (including phenoxy) is 1. The number of likely N-dealkylation sites (tertiary alicyclic amines) is 1. The number of piperidine rings is 1. The number of hydrogen-bond donors (Lipinski definition) is 2. The fourth-order valence-corrected chi connectivity index (χ4v) is 4.52. The molecule has 32 heavy (non-hydrogen) atoms. The monoisotopic (exact) mass is 429 g/mol. The third-order valence-corrected chi connectivity index (χ3v) is 6.28. The van der Waals surface area contributed by atoms with Crippen LogP contribution in [0.2, 0.25) is 0 Å². The van der Waals surface area contributed by atoms with Crippen molar-refractivity contribution in [2.75, 3.05) is 25.0 Å². The van der Waals surface area contributed by atoms with E-state index in [4.69, 9.17) is 4.74 Å². The van der Waals surface area contributed by atoms with E-state index in [0.29, 0.717) is 23.6 Å². The summed E-state index contributed by atoms with van der Waals surface area (Å²) in [6.45, 7) is 5.95. The molecule has 0 saturated carbocycles. The Labute approximate surface area is 191 Å². The highest BCUT2D eigenvalue weighted by Crippen LogP contribution is 2.24. The first-order valence-electron chi connectivity index (χ1n) is 11.7. The molecule has 4 rings (SSSR count). The van der Waals surface area contributed by atoms with E-state index in [1.165, 1.54) is 43.5 Å². The molecule has 0 bridgehead atoms. The fraction of sp³-hybridized carbons (Fsp3) is 0.321. The lowest BCUT2D eigenvalue weighted by Gasteiger charge is -2.29. The number of carbonyl (C=O) groups is 1. The largest absolute Gasteiger partial charge is 0.492 e. The van der Waals surface area contributed by atoms with Gasteiger partial charge in [-0.15, -0.1) is 0 Å². The summed E-state index contributed by atoms with van der Waals surface area (Å²) in [6.07, 6.45) is 3.76. The van der Waals surface area contributed by atoms with Crippen LogP contribution in [0.4, 0.5) is 5.69 Å². The van der Waals surface area contributed by atoms with Gasteiger partial charge in [0.1, 0.15) is 12.3 Å². The molecular weight excluding hydrogens is 396 g/mol. The van der Waals surface area contributed by atoms with E-state index in [1.807, 2.05) is 43.3 Å². The molecule has 0 unspecified atom stereocenters. The minimum absolute atomic E-state index is 0.113. The summed E-state index contributed by atoms with van der Waals surface area (Å²) >= 11 is 0. The van der Waals surface area contributed by atoms with Crippen molar-refractivity contribution in [2.24, 2.45) is 5.92 Å². The summed E-state index contributed by atoms with van der Waals surface area (Å²) in [5.41, 5.74) is 4.11. The molecule has 1 fully saturated rings. The molecule has 1 aliphatic heterocycles. The molecule has 4 nitrogen and oxygen atoms in total. The summed E-state index contributed by atoms with van der Waals surface area (Å²) < 4.78 is 5.60. The van der Waals surface area contributed by atoms with Crippen LogP contribution in [0.1, 0.15) is 41.3 Å². The highest BCUT2D eigenvalue weighted by molar-refractivity contribution is 6.05. The molecule has 3 aromatic rings. The zero-order valence-corrected chi connectivity index (χ0v) is 18.8. The van der Waals surface area contributed by atoms with Crippen molar-refractivity contribution in [3.8, 4) is 5.75 Å². The van der Waals surface area contributed by atoms with Gasteiger partial charge in [-0.25, -0.2) is 0 Å². The second kappa shape index (κ2) is 11.0. The second-order valence-electron chi connectivity index (χ2n) is 8.64. The standard InChI is InChI=1S/C28H32N2O2/c1-2-32-27-11-7-6-10-26(27)29-28(31)25-14-12-24(13-15-25)21-30-18-16-23(17-19-30)20-22-8-4-3-5-9-22/h3-15,23H,2,16-21H2,1H3,(H,29,31)/p+1. The molecule has 1 aliphatic rings. The maximum Gasteiger partial charge on any atom is 0.255 e. The van der Waals surface area contributed by atoms with Crippen LogP contribution in [0.15, 0.2) is 78.9 Å². The van der Waals surface area contributed by atoms with Gasteiger partial charge in [-0.2, -0.15) is 0 Å². The van der Waals surface area contributed by atoms with Gasteiger partial charge in [0.25, 0.3) is 5.91 Å². The average molecular weight is 430 g/mol. The van der Waals surface area contributed by atoms with Gasteiger partial charge in [-0.05, 0) is 61.9 Å². The van der Waals surface area contributed by atoms with Crippen LogP contribution < -0.4 is 15.0 Å². The van der Waals surface area contributed by atoms with Gasteiger partial charge >= 0.3 is 0 Å². The SMILES string of the molecule is CCOc1ccccc1NC(=O)c1ccc(C[NH+]2CCC(Cc3ccccc3)CC2)cc1. The quantitative estimate of drug-likeness (QED) is 0.558. The van der Waals surface area contributed by atoms with E-state index in [2.05, 4.69) is 47.8 Å². The van der Waals surface area contributed by atoms with E-state index in [-0.39, 0.29) is 5.91 Å². The summed E-state index contributed by atoms with van der Waals surface area (Å²) in [5, 5.41) is 2.97. The van der Waals surface area contributed by atoms with Gasteiger partial charge in [0, 0.05) is 11.1 Å². The molecular formula is C28H33N2O2+. The van der Waals surface area contributed by atoms with Crippen LogP contribution in [-0.4, -0.2) is 25.6 Å². The number of rotatable bonds is 8. The molecule has 0 radical (unpaired) electrons. The summed E-state index contributed by atoms with van der Waals surface area (Å²) in [4.78, 5) is 14.3. The van der Waals surface area contributed by atoms with Crippen molar-refractivity contribution in [2.45, 2.75) is 32.7 Å². The van der Waals surface area contributed by atoms with Gasteiger partial charge in [-0.1, -0.05) is 54.6 Å². The number of hydrogen-bond acceptors (Lipinski definition) is 2. The van der Waals surface area contributed by atoms with E-state index in [0.717, 1.165) is 12.5 Å². The molecule has 0 spiro atoms. The van der Waals surface area contributed by atoms with Crippen LogP contribution >= 0.6 is 0 Å². The number of nitrogens with one attached hydrogen (secondary N) is 2. The number of carbonyl (C=O) groups excluding carboxylic acids is 1. The zero-order valence-electron chi connectivity index (χ0n) is 18.8. The minimum Gasteiger partial charge on any atom is -0.492 e. The zero-order chi connectivity index (χ0) is 22.2. The summed E-state index contributed by atoms with van der Waals surface area (Å²) in [6, 6.07) is 26.4. The van der Waals surface area contributed by atoms with Crippen LogP contribution in [0.25, 0.3) is 0 Å². The Kier molecular flexibility index (Phi) is 7.57. The third-order valence-electron chi connectivity index (χ3n) is 6.28. The van der Waals surface area contributed by atoms with Gasteiger partial charge in [0.05, 0.1) is 25.4 Å². The Morgan fingerprint density at radius 2 is 1.59 bits per heavy atom. The molecule has 4 heteroatoms. The van der Waals surface area contributed by atoms with Crippen LogP contribution in [0, 0.1) is 5.92 Å². The van der Waals surface area contributed by atoms with Crippen molar-refractivity contribution in [1.29, 1.82) is 0 Å². The first-order valence-corrected chi connectivity index (χ1v) is 11.7. The summed E-state index contributed by atoms with van der Waals surface area (Å²) in [5.74, 6) is 1.38. The second-order valence-corrected chi connectivity index (χ2v) is 8.64. The number of benzene rings is 3. The Morgan fingerprint density at radius 3 is 2.31 bits per heavy atom. The Morgan fingerprint density at radius 1 is 0.906 bits per heavy atom. The van der Waals surface area contributed by atoms with Crippen molar-refractivity contribution < 1.29 is 14.4 Å². The molecule has 0 aromatic heterocycles. The average Bonchev–Trinajstić information content (AvgIpc) is 2.83. The Bertz CT molecular complexity index is 993. The van der Waals surface area contributed by atoms with Crippen LogP contribution in [0.3, 0.4) is 0 Å². The van der Waals surface area contributed by atoms with Crippen molar-refractivity contribution in [3.63, 3.8) is 0 Å². The normalized spacial score (nSPS) is 18.2. The molecule has 166 valence electrons. The van der Waals surface area contributed by atoms with Crippen LogP contribution in [-0.2, 0) is 13.0 Å². The highest BCUT2D eigenvalue weighted by atomic mass is 16.5. The first-order chi connectivity index (χ1) is 15.7. The lowest BCUT2D eigenvalue weighted by molar-refractivity contribution is -0.919. The Balaban J connectivity index is 1.27. The molecule has 1 saturated heterocycles. The predicted octanol–water partition coefficient (Wildman–Crippen LogP) is 4.38. The van der Waals surface area contributed by atoms with E-state index in [1.54, 1.807) is 4.90 Å². The lowest BCUT2D eigenvalue weighted by atomic mass is 9.90. The van der Waals surface area contributed by atoms with E-state index >= 15 is 0 Å². The third kappa shape index (κ3) is 5.98. The smallest absolute Gasteiger partial charge is 0.255 e. The first kappa shape index (κ1) is 22.1. The molecule has 1 heterocycles. The number of quaternary nitrogens is 1.